The number of aromatic nitrogens is 3. The molecule has 8 nitrogen and oxygen atoms in total. The van der Waals surface area contributed by atoms with E-state index in [2.05, 4.69) is 15.2 Å². The highest BCUT2D eigenvalue weighted by Crippen LogP contribution is 2.42. The van der Waals surface area contributed by atoms with Gasteiger partial charge in [-0.1, -0.05) is 17.4 Å². The van der Waals surface area contributed by atoms with Crippen LogP contribution in [-0.4, -0.2) is 32.0 Å². The van der Waals surface area contributed by atoms with Gasteiger partial charge in [0.1, 0.15) is 11.3 Å². The number of aliphatic hydroxyl groups excluding tert-OH is 1. The molecule has 1 N–H and O–H groups in total. The Balaban J connectivity index is 1.87. The van der Waals surface area contributed by atoms with E-state index in [0.717, 1.165) is 11.3 Å². The number of anilines is 1. The Morgan fingerprint density at radius 2 is 2.19 bits per heavy atom. The largest absolute Gasteiger partial charge is 0.503 e. The number of pyridine rings is 1. The van der Waals surface area contributed by atoms with Crippen LogP contribution in [-0.2, 0) is 4.79 Å². The quantitative estimate of drug-likeness (QED) is 0.705. The van der Waals surface area contributed by atoms with Crippen LogP contribution >= 0.6 is 11.3 Å². The molecule has 3 aromatic heterocycles. The molecule has 3 aromatic rings. The van der Waals surface area contributed by atoms with Crippen LogP contribution in [0.5, 0.6) is 0 Å². The van der Waals surface area contributed by atoms with Crippen molar-refractivity contribution >= 4 is 28.2 Å². The summed E-state index contributed by atoms with van der Waals surface area (Å²) in [5.74, 6) is -1.32. The number of furan rings is 1. The van der Waals surface area contributed by atoms with Crippen molar-refractivity contribution in [2.75, 3.05) is 4.90 Å². The summed E-state index contributed by atoms with van der Waals surface area (Å²) in [5, 5.41) is 18.4. The molecule has 130 valence electrons. The standard InChI is InChI=1S/C17H12N4O4S/c1-9-4-5-11(25-9)14(22)12-13(10-3-2-6-18-7-10)21(16(24)15(12)23)17-20-19-8-26-17/h2-8,13,23H,1H3. The van der Waals surface area contributed by atoms with Gasteiger partial charge in [-0.15, -0.1) is 10.2 Å². The topological polar surface area (TPSA) is 109 Å². The van der Waals surface area contributed by atoms with Gasteiger partial charge in [-0.05, 0) is 30.7 Å². The number of hydrogen-bond acceptors (Lipinski definition) is 8. The Kier molecular flexibility index (Phi) is 3.85. The third-order valence-electron chi connectivity index (χ3n) is 3.97. The maximum Gasteiger partial charge on any atom is 0.296 e. The predicted molar refractivity (Wildman–Crippen MR) is 91.8 cm³/mol. The van der Waals surface area contributed by atoms with Crippen LogP contribution in [0.3, 0.4) is 0 Å². The van der Waals surface area contributed by atoms with E-state index >= 15 is 0 Å². The second-order valence-electron chi connectivity index (χ2n) is 5.59. The average molecular weight is 368 g/mol. The van der Waals surface area contributed by atoms with Crippen LogP contribution in [0.2, 0.25) is 0 Å². The van der Waals surface area contributed by atoms with Gasteiger partial charge in [0.2, 0.25) is 10.9 Å². The van der Waals surface area contributed by atoms with Crippen molar-refractivity contribution in [1.29, 1.82) is 0 Å². The molecule has 9 heteroatoms. The van der Waals surface area contributed by atoms with Crippen LogP contribution in [0.4, 0.5) is 5.13 Å². The van der Waals surface area contributed by atoms with Gasteiger partial charge >= 0.3 is 0 Å². The third kappa shape index (κ3) is 2.49. The van der Waals surface area contributed by atoms with Crippen molar-refractivity contribution in [2.45, 2.75) is 13.0 Å². The summed E-state index contributed by atoms with van der Waals surface area (Å²) in [6.07, 6.45) is 3.11. The van der Waals surface area contributed by atoms with Crippen LogP contribution in [0.1, 0.15) is 27.9 Å². The SMILES string of the molecule is Cc1ccc(C(=O)C2=C(O)C(=O)N(c3nncs3)C2c2cccnc2)o1. The number of carbonyl (C=O) groups excluding carboxylic acids is 2. The molecule has 26 heavy (non-hydrogen) atoms. The highest BCUT2D eigenvalue weighted by molar-refractivity contribution is 7.13. The lowest BCUT2D eigenvalue weighted by atomic mass is 9.96. The van der Waals surface area contributed by atoms with Crippen molar-refractivity contribution < 1.29 is 19.1 Å². The van der Waals surface area contributed by atoms with Crippen LogP contribution in [0.25, 0.3) is 0 Å². The van der Waals surface area contributed by atoms with Crippen molar-refractivity contribution in [2.24, 2.45) is 0 Å². The first-order valence-electron chi connectivity index (χ1n) is 7.62. The second-order valence-corrected chi connectivity index (χ2v) is 6.40. The summed E-state index contributed by atoms with van der Waals surface area (Å²) in [5.41, 5.74) is 1.95. The first-order chi connectivity index (χ1) is 12.6. The lowest BCUT2D eigenvalue weighted by Gasteiger charge is -2.23. The highest BCUT2D eigenvalue weighted by atomic mass is 32.1. The minimum atomic E-state index is -0.873. The normalized spacial score (nSPS) is 17.2. The highest BCUT2D eigenvalue weighted by Gasteiger charge is 2.46. The molecule has 1 aliphatic heterocycles. The van der Waals surface area contributed by atoms with Gasteiger partial charge < -0.3 is 9.52 Å². The monoisotopic (exact) mass is 368 g/mol. The number of aliphatic hydroxyl groups is 1. The molecule has 0 fully saturated rings. The molecule has 0 saturated heterocycles. The molecule has 0 radical (unpaired) electrons. The van der Waals surface area contributed by atoms with Gasteiger partial charge in [0.25, 0.3) is 5.91 Å². The number of ketones is 1. The molecule has 0 aliphatic carbocycles. The van der Waals surface area contributed by atoms with E-state index in [4.69, 9.17) is 4.42 Å². The maximum atomic E-state index is 13.0. The number of Topliss-reactive ketones (excluding diaryl/α,β-unsaturated/α-hetero) is 1. The minimum Gasteiger partial charge on any atom is -0.503 e. The number of hydrogen-bond donors (Lipinski definition) is 1. The minimum absolute atomic E-state index is 0.0462. The summed E-state index contributed by atoms with van der Waals surface area (Å²) < 4.78 is 5.39. The van der Waals surface area contributed by atoms with Gasteiger partial charge in [0.15, 0.2) is 11.5 Å². The Bertz CT molecular complexity index is 1010. The van der Waals surface area contributed by atoms with Crippen molar-refractivity contribution in [3.05, 3.63) is 70.6 Å². The van der Waals surface area contributed by atoms with E-state index in [1.54, 1.807) is 31.3 Å². The molecule has 1 aliphatic rings. The molecular weight excluding hydrogens is 356 g/mol. The molecule has 1 amide bonds. The number of nitrogens with zero attached hydrogens (tertiary/aromatic N) is 4. The number of carbonyl (C=O) groups is 2. The van der Waals surface area contributed by atoms with Crippen molar-refractivity contribution in [3.63, 3.8) is 0 Å². The number of amides is 1. The smallest absolute Gasteiger partial charge is 0.296 e. The van der Waals surface area contributed by atoms with Crippen molar-refractivity contribution in [1.82, 2.24) is 15.2 Å². The van der Waals surface area contributed by atoms with E-state index in [1.165, 1.54) is 22.7 Å². The first-order valence-corrected chi connectivity index (χ1v) is 8.50. The number of rotatable bonds is 4. The third-order valence-corrected chi connectivity index (χ3v) is 4.66. The van der Waals surface area contributed by atoms with E-state index in [9.17, 15) is 14.7 Å². The van der Waals surface area contributed by atoms with Crippen molar-refractivity contribution in [3.8, 4) is 0 Å². The fourth-order valence-electron chi connectivity index (χ4n) is 2.85. The number of aryl methyl sites for hydroxylation is 1. The molecular formula is C17H12N4O4S. The average Bonchev–Trinajstić information content (AvgIpc) is 3.37. The zero-order valence-electron chi connectivity index (χ0n) is 13.5. The molecule has 1 unspecified atom stereocenters. The Morgan fingerprint density at radius 1 is 1.35 bits per heavy atom. The van der Waals surface area contributed by atoms with E-state index in [-0.39, 0.29) is 16.5 Å². The fourth-order valence-corrected chi connectivity index (χ4v) is 3.43. The Hall–Kier alpha value is -3.33. The van der Waals surface area contributed by atoms with E-state index in [1.807, 2.05) is 0 Å². The lowest BCUT2D eigenvalue weighted by Crippen LogP contribution is -2.31. The Morgan fingerprint density at radius 3 is 2.81 bits per heavy atom. The lowest BCUT2D eigenvalue weighted by molar-refractivity contribution is -0.117. The summed E-state index contributed by atoms with van der Waals surface area (Å²) in [7, 11) is 0. The van der Waals surface area contributed by atoms with Crippen LogP contribution in [0, 0.1) is 6.92 Å². The molecule has 0 saturated carbocycles. The van der Waals surface area contributed by atoms with Crippen LogP contribution < -0.4 is 4.90 Å². The molecule has 4 heterocycles. The van der Waals surface area contributed by atoms with E-state index in [0.29, 0.717) is 11.3 Å². The van der Waals surface area contributed by atoms with Gasteiger partial charge in [-0.25, -0.2) is 0 Å². The molecule has 0 spiro atoms. The molecule has 0 aromatic carbocycles. The van der Waals surface area contributed by atoms with Gasteiger partial charge in [-0.2, -0.15) is 0 Å². The summed E-state index contributed by atoms with van der Waals surface area (Å²) in [6.45, 7) is 1.71. The summed E-state index contributed by atoms with van der Waals surface area (Å²) in [4.78, 5) is 31.0. The van der Waals surface area contributed by atoms with Gasteiger partial charge in [0.05, 0.1) is 11.6 Å². The molecule has 4 rings (SSSR count). The zero-order chi connectivity index (χ0) is 18.3. The maximum absolute atomic E-state index is 13.0. The van der Waals surface area contributed by atoms with Crippen LogP contribution in [0.15, 0.2) is 57.9 Å². The molecule has 0 bridgehead atoms. The Labute approximate surface area is 151 Å². The zero-order valence-corrected chi connectivity index (χ0v) is 14.3. The van der Waals surface area contributed by atoms with E-state index < -0.39 is 23.5 Å². The van der Waals surface area contributed by atoms with Gasteiger partial charge in [0, 0.05) is 12.4 Å². The fraction of sp³-hybridized carbons (Fsp3) is 0.118. The summed E-state index contributed by atoms with van der Waals surface area (Å²) in [6, 6.07) is 5.69. The van der Waals surface area contributed by atoms with Gasteiger partial charge in [-0.3, -0.25) is 19.5 Å². The predicted octanol–water partition coefficient (Wildman–Crippen LogP) is 2.62. The first kappa shape index (κ1) is 16.2. The second kappa shape index (κ2) is 6.19. The summed E-state index contributed by atoms with van der Waals surface area (Å²) >= 11 is 1.13. The molecule has 1 atom stereocenters.